The van der Waals surface area contributed by atoms with Gasteiger partial charge >= 0.3 is 0 Å². The summed E-state index contributed by atoms with van der Waals surface area (Å²) in [6.45, 7) is 2.64. The fourth-order valence-electron chi connectivity index (χ4n) is 2.74. The summed E-state index contributed by atoms with van der Waals surface area (Å²) in [7, 11) is 1.63. The first kappa shape index (κ1) is 13.5. The van der Waals surface area contributed by atoms with E-state index in [4.69, 9.17) is 10.5 Å². The van der Waals surface area contributed by atoms with E-state index in [9.17, 15) is 0 Å². The fourth-order valence-corrected chi connectivity index (χ4v) is 3.63. The van der Waals surface area contributed by atoms with Crippen LogP contribution in [0.2, 0.25) is 0 Å². The number of nitrogens with zero attached hydrogens (tertiary/aromatic N) is 2. The number of nitrogens with two attached hydrogens (primary N) is 1. The highest BCUT2D eigenvalue weighted by atomic mass is 32.1. The number of methoxy groups -OCH3 is 1. The predicted molar refractivity (Wildman–Crippen MR) is 81.0 cm³/mol. The maximum Gasteiger partial charge on any atom is 0.212 e. The van der Waals surface area contributed by atoms with Gasteiger partial charge in [0.25, 0.3) is 0 Å². The number of rotatable bonds is 4. The lowest BCUT2D eigenvalue weighted by molar-refractivity contribution is 0.184. The minimum absolute atomic E-state index is 0.224. The van der Waals surface area contributed by atoms with E-state index in [0.29, 0.717) is 12.4 Å². The van der Waals surface area contributed by atoms with Crippen LogP contribution < -0.4 is 10.5 Å². The smallest absolute Gasteiger partial charge is 0.212 e. The average molecular weight is 289 g/mol. The summed E-state index contributed by atoms with van der Waals surface area (Å²) in [5.41, 5.74) is 8.61. The van der Waals surface area contributed by atoms with Crippen molar-refractivity contribution in [2.45, 2.75) is 19.0 Å². The van der Waals surface area contributed by atoms with E-state index in [2.05, 4.69) is 27.4 Å². The van der Waals surface area contributed by atoms with E-state index >= 15 is 0 Å². The van der Waals surface area contributed by atoms with Crippen LogP contribution in [0.3, 0.4) is 0 Å². The van der Waals surface area contributed by atoms with Crippen molar-refractivity contribution < 1.29 is 4.74 Å². The summed E-state index contributed by atoms with van der Waals surface area (Å²) in [5.74, 6) is 0.642. The van der Waals surface area contributed by atoms with E-state index in [1.165, 1.54) is 10.4 Å². The zero-order valence-corrected chi connectivity index (χ0v) is 12.4. The van der Waals surface area contributed by atoms with Crippen LogP contribution in [-0.2, 0) is 13.0 Å². The molecule has 3 rings (SSSR count). The van der Waals surface area contributed by atoms with Crippen molar-refractivity contribution in [3.05, 3.63) is 45.8 Å². The summed E-state index contributed by atoms with van der Waals surface area (Å²) < 4.78 is 5.11. The Morgan fingerprint density at radius 2 is 2.35 bits per heavy atom. The van der Waals surface area contributed by atoms with Crippen LogP contribution >= 0.6 is 11.3 Å². The Labute approximate surface area is 123 Å². The lowest BCUT2D eigenvalue weighted by Crippen LogP contribution is -2.37. The quantitative estimate of drug-likeness (QED) is 0.937. The third-order valence-electron chi connectivity index (χ3n) is 3.85. The third kappa shape index (κ3) is 2.57. The van der Waals surface area contributed by atoms with Crippen LogP contribution in [0.15, 0.2) is 29.8 Å². The average Bonchev–Trinajstić information content (AvgIpc) is 2.96. The van der Waals surface area contributed by atoms with Gasteiger partial charge in [0, 0.05) is 42.8 Å². The largest absolute Gasteiger partial charge is 0.481 e. The Hall–Kier alpha value is -1.43. The Kier molecular flexibility index (Phi) is 4.00. The second-order valence-electron chi connectivity index (χ2n) is 4.97. The standard InChI is InChI=1S/C15H19N3OS/c1-19-15-3-2-11(9-17-15)13(8-16)18-6-4-14-12(10-18)5-7-20-14/h2-3,5,7,9,13H,4,6,8,10,16H2,1H3. The number of hydrogen-bond donors (Lipinski definition) is 1. The molecule has 0 saturated carbocycles. The van der Waals surface area contributed by atoms with E-state index in [-0.39, 0.29) is 6.04 Å². The fraction of sp³-hybridized carbons (Fsp3) is 0.400. The molecule has 2 aromatic heterocycles. The zero-order valence-electron chi connectivity index (χ0n) is 11.6. The number of pyridine rings is 1. The summed E-state index contributed by atoms with van der Waals surface area (Å²) >= 11 is 1.86. The van der Waals surface area contributed by atoms with E-state index < -0.39 is 0 Å². The third-order valence-corrected chi connectivity index (χ3v) is 4.88. The Morgan fingerprint density at radius 1 is 1.45 bits per heavy atom. The van der Waals surface area contributed by atoms with Gasteiger partial charge in [-0.15, -0.1) is 11.3 Å². The molecule has 106 valence electrons. The topological polar surface area (TPSA) is 51.4 Å². The SMILES string of the molecule is COc1ccc(C(CN)N2CCc3sccc3C2)cn1. The summed E-state index contributed by atoms with van der Waals surface area (Å²) in [4.78, 5) is 8.25. The first-order chi connectivity index (χ1) is 9.81. The van der Waals surface area contributed by atoms with Crippen LogP contribution in [0.25, 0.3) is 0 Å². The highest BCUT2D eigenvalue weighted by molar-refractivity contribution is 7.10. The van der Waals surface area contributed by atoms with Gasteiger partial charge in [-0.1, -0.05) is 6.07 Å². The van der Waals surface area contributed by atoms with Gasteiger partial charge < -0.3 is 10.5 Å². The Bertz CT molecular complexity index is 567. The minimum Gasteiger partial charge on any atom is -0.481 e. The van der Waals surface area contributed by atoms with Crippen molar-refractivity contribution in [2.75, 3.05) is 20.2 Å². The number of hydrogen-bond acceptors (Lipinski definition) is 5. The highest BCUT2D eigenvalue weighted by Crippen LogP contribution is 2.30. The van der Waals surface area contributed by atoms with E-state index in [1.807, 2.05) is 23.6 Å². The van der Waals surface area contributed by atoms with E-state index in [0.717, 1.165) is 25.1 Å². The van der Waals surface area contributed by atoms with Crippen molar-refractivity contribution in [2.24, 2.45) is 5.73 Å². The normalized spacial score (nSPS) is 16.7. The zero-order chi connectivity index (χ0) is 13.9. The summed E-state index contributed by atoms with van der Waals surface area (Å²) in [5, 5.41) is 2.18. The van der Waals surface area contributed by atoms with Gasteiger partial charge in [0.05, 0.1) is 7.11 Å². The molecule has 0 saturated heterocycles. The van der Waals surface area contributed by atoms with Crippen LogP contribution in [-0.4, -0.2) is 30.1 Å². The highest BCUT2D eigenvalue weighted by Gasteiger charge is 2.24. The molecule has 1 aliphatic rings. The summed E-state index contributed by atoms with van der Waals surface area (Å²) in [6, 6.07) is 6.41. The molecule has 2 N–H and O–H groups in total. The maximum absolute atomic E-state index is 6.00. The molecule has 0 radical (unpaired) electrons. The number of thiophene rings is 1. The van der Waals surface area contributed by atoms with E-state index in [1.54, 1.807) is 7.11 Å². The predicted octanol–water partition coefficient (Wildman–Crippen LogP) is 2.21. The molecule has 5 heteroatoms. The lowest BCUT2D eigenvalue weighted by Gasteiger charge is -2.34. The Morgan fingerprint density at radius 3 is 3.05 bits per heavy atom. The second kappa shape index (κ2) is 5.91. The first-order valence-corrected chi connectivity index (χ1v) is 7.69. The van der Waals surface area contributed by atoms with Crippen molar-refractivity contribution in [3.8, 4) is 5.88 Å². The minimum atomic E-state index is 0.224. The number of aromatic nitrogens is 1. The molecule has 0 bridgehead atoms. The van der Waals surface area contributed by atoms with Gasteiger partial charge in [-0.05, 0) is 29.0 Å². The molecule has 0 fully saturated rings. The molecule has 1 atom stereocenters. The molecule has 0 amide bonds. The second-order valence-corrected chi connectivity index (χ2v) is 5.98. The van der Waals surface area contributed by atoms with Crippen molar-refractivity contribution in [1.82, 2.24) is 9.88 Å². The van der Waals surface area contributed by atoms with Crippen molar-refractivity contribution in [1.29, 1.82) is 0 Å². The van der Waals surface area contributed by atoms with Gasteiger partial charge in [0.1, 0.15) is 0 Å². The molecule has 2 aromatic rings. The van der Waals surface area contributed by atoms with Gasteiger partial charge in [-0.3, -0.25) is 4.90 Å². The Balaban J connectivity index is 1.79. The molecule has 1 unspecified atom stereocenters. The van der Waals surface area contributed by atoms with Gasteiger partial charge in [-0.2, -0.15) is 0 Å². The molecule has 4 nitrogen and oxygen atoms in total. The van der Waals surface area contributed by atoms with Crippen LogP contribution in [0.1, 0.15) is 22.0 Å². The van der Waals surface area contributed by atoms with Gasteiger partial charge in [0.15, 0.2) is 0 Å². The summed E-state index contributed by atoms with van der Waals surface area (Å²) in [6.07, 6.45) is 2.99. The molecular formula is C15H19N3OS. The van der Waals surface area contributed by atoms with Gasteiger partial charge in [-0.25, -0.2) is 4.98 Å². The molecular weight excluding hydrogens is 270 g/mol. The first-order valence-electron chi connectivity index (χ1n) is 6.81. The van der Waals surface area contributed by atoms with Crippen molar-refractivity contribution in [3.63, 3.8) is 0 Å². The van der Waals surface area contributed by atoms with Gasteiger partial charge in [0.2, 0.25) is 5.88 Å². The van der Waals surface area contributed by atoms with Crippen LogP contribution in [0.4, 0.5) is 0 Å². The lowest BCUT2D eigenvalue weighted by atomic mass is 10.0. The number of fused-ring (bicyclic) bond motifs is 1. The van der Waals surface area contributed by atoms with Crippen LogP contribution in [0.5, 0.6) is 5.88 Å². The molecule has 20 heavy (non-hydrogen) atoms. The molecule has 0 aliphatic carbocycles. The van der Waals surface area contributed by atoms with Crippen molar-refractivity contribution >= 4 is 11.3 Å². The maximum atomic E-state index is 6.00. The molecule has 0 aromatic carbocycles. The number of ether oxygens (including phenoxy) is 1. The monoisotopic (exact) mass is 289 g/mol. The molecule has 1 aliphatic heterocycles. The molecule has 0 spiro atoms. The van der Waals surface area contributed by atoms with Crippen LogP contribution in [0, 0.1) is 0 Å². The molecule has 3 heterocycles.